The van der Waals surface area contributed by atoms with E-state index < -0.39 is 29.5 Å². The predicted octanol–water partition coefficient (Wildman–Crippen LogP) is 20.3. The van der Waals surface area contributed by atoms with Gasteiger partial charge < -0.3 is 19.3 Å². The summed E-state index contributed by atoms with van der Waals surface area (Å²) in [6.45, 7) is 59.9. The zero-order valence-electron chi connectivity index (χ0n) is 50.3. The number of phenols is 2. The second-order valence-electron chi connectivity index (χ2n) is 29.3. The van der Waals surface area contributed by atoms with Gasteiger partial charge in [0.15, 0.2) is 0 Å². The first-order valence-corrected chi connectivity index (χ1v) is 30.6. The first-order valence-electron chi connectivity index (χ1n) is 25.9. The molecule has 0 heterocycles. The van der Waals surface area contributed by atoms with E-state index in [2.05, 4.69) is 242 Å². The van der Waals surface area contributed by atoms with Crippen LogP contribution in [-0.4, -0.2) is 23.3 Å². The molecule has 11 heteroatoms. The Morgan fingerprint density at radius 3 is 0.616 bits per heavy atom. The molecule has 0 aliphatic heterocycles. The van der Waals surface area contributed by atoms with Gasteiger partial charge in [-0.3, -0.25) is 4.89 Å². The predicted molar refractivity (Wildman–Crippen MR) is 321 cm³/mol. The van der Waals surface area contributed by atoms with Crippen LogP contribution in [0.1, 0.15) is 238 Å². The van der Waals surface area contributed by atoms with Crippen LogP contribution in [0.25, 0.3) is 0 Å². The number of phosphoric ester groups is 1. The summed E-state index contributed by atoms with van der Waals surface area (Å²) in [5.41, 5.74) is 4.03. The number of phosphoric acid groups is 1. The number of hydrogen-bond donors (Lipinski definition) is 3. The molecule has 73 heavy (non-hydrogen) atoms. The van der Waals surface area contributed by atoms with Crippen molar-refractivity contribution in [2.75, 3.05) is 0 Å². The van der Waals surface area contributed by atoms with Crippen molar-refractivity contribution in [2.45, 2.75) is 265 Å². The number of phenolic OH excluding ortho intramolecular Hbond substituents is 2. The molecular formula is C62H95O6PS4. The van der Waals surface area contributed by atoms with Crippen molar-refractivity contribution in [3.63, 3.8) is 0 Å². The number of thioether (sulfide) groups is 4. The van der Waals surface area contributed by atoms with Gasteiger partial charge in [0.2, 0.25) is 0 Å². The average molecular weight is 1100 g/mol. The highest BCUT2D eigenvalue weighted by atomic mass is 32.2. The monoisotopic (exact) mass is 1090 g/mol. The van der Waals surface area contributed by atoms with E-state index in [0.29, 0.717) is 23.0 Å². The van der Waals surface area contributed by atoms with E-state index in [1.54, 1.807) is 47.0 Å². The molecule has 0 radical (unpaired) electrons. The number of hydrogen-bond acceptors (Lipinski definition) is 9. The van der Waals surface area contributed by atoms with E-state index in [-0.39, 0.29) is 29.8 Å². The minimum absolute atomic E-state index is 0.251. The summed E-state index contributed by atoms with van der Waals surface area (Å²) in [5, 5.41) is 23.0. The lowest BCUT2D eigenvalue weighted by Gasteiger charge is -2.34. The van der Waals surface area contributed by atoms with Crippen LogP contribution < -0.4 is 9.05 Å². The molecule has 0 aromatic heterocycles. The van der Waals surface area contributed by atoms with Crippen molar-refractivity contribution in [2.24, 2.45) is 0 Å². The lowest BCUT2D eigenvalue weighted by atomic mass is 9.79. The van der Waals surface area contributed by atoms with Crippen molar-refractivity contribution >= 4 is 54.9 Å². The molecule has 408 valence electrons. The molecule has 3 N–H and O–H groups in total. The quantitative estimate of drug-likeness (QED) is 0.0723. The van der Waals surface area contributed by atoms with Crippen LogP contribution in [0, 0.1) is 0 Å². The van der Waals surface area contributed by atoms with Gasteiger partial charge >= 0.3 is 7.82 Å². The highest BCUT2D eigenvalue weighted by Crippen LogP contribution is 2.58. The van der Waals surface area contributed by atoms with E-state index in [1.165, 1.54) is 0 Å². The SMILES string of the molecule is CC(C)(Sc1cc(C(C)(C)C)c(O)c(C(C)(C)C)c1)Sc1cc(C(C)(C)C)c(OP(=O)(O)Oc2c(C(C)(C)C)cc(SC(C)(C)Sc3cc(C(C)(C)C)c(O)c(C(C)(C)C)c3)cc2C(C)(C)C)c(C(C)(C)C)c1. The minimum atomic E-state index is -4.87. The summed E-state index contributed by atoms with van der Waals surface area (Å²) in [6, 6.07) is 17.0. The molecule has 0 bridgehead atoms. The zero-order valence-corrected chi connectivity index (χ0v) is 54.4. The lowest BCUT2D eigenvalue weighted by Crippen LogP contribution is -2.22. The Hall–Kier alpha value is -2.33. The number of aromatic hydroxyl groups is 2. The summed E-state index contributed by atoms with van der Waals surface area (Å²) in [4.78, 5) is 16.5. The van der Waals surface area contributed by atoms with Gasteiger partial charge in [0.25, 0.3) is 0 Å². The van der Waals surface area contributed by atoms with Crippen molar-refractivity contribution in [1.82, 2.24) is 0 Å². The molecule has 0 aliphatic rings. The molecule has 4 aromatic carbocycles. The maximum absolute atomic E-state index is 15.0. The number of rotatable bonds is 12. The van der Waals surface area contributed by atoms with Gasteiger partial charge in [-0.1, -0.05) is 166 Å². The second kappa shape index (κ2) is 20.8. The Labute approximate surface area is 461 Å². The summed E-state index contributed by atoms with van der Waals surface area (Å²) in [6.07, 6.45) is 0. The molecule has 0 aliphatic carbocycles. The number of benzene rings is 4. The summed E-state index contributed by atoms with van der Waals surface area (Å²) < 4.78 is 27.3. The Morgan fingerprint density at radius 1 is 0.315 bits per heavy atom. The molecular weight excluding hydrogens is 1000 g/mol. The normalized spacial score (nSPS) is 14.2. The Balaban J connectivity index is 1.83. The van der Waals surface area contributed by atoms with Crippen LogP contribution in [0.4, 0.5) is 0 Å². The third-order valence-electron chi connectivity index (χ3n) is 12.6. The Bertz CT molecular complexity index is 2390. The molecule has 4 rings (SSSR count). The second-order valence-corrected chi connectivity index (χ2v) is 37.9. The molecule has 0 amide bonds. The van der Waals surface area contributed by atoms with E-state index in [9.17, 15) is 15.1 Å². The van der Waals surface area contributed by atoms with Crippen LogP contribution in [0.15, 0.2) is 68.1 Å². The standard InChI is InChI=1S/C62H95O6PS4/c1-53(2,3)41-29-37(30-42(49(41)63)54(4,5)6)70-61(25,26)72-39-33-45(57(13,14)15)51(46(34-39)58(16,17)18)67-69(65,66)68-52-47(59(19,20)21)35-40(36-48(52)60(22,23)24)73-62(27,28)71-38-31-43(55(7,8)9)50(64)44(32-38)56(10,11)12/h29-36,63-64H,1-28H3,(H,65,66). The lowest BCUT2D eigenvalue weighted by molar-refractivity contribution is 0.280. The molecule has 0 unspecified atom stereocenters. The Kier molecular flexibility index (Phi) is 18.0. The van der Waals surface area contributed by atoms with Gasteiger partial charge in [-0.25, -0.2) is 4.57 Å². The van der Waals surface area contributed by atoms with Crippen LogP contribution in [-0.2, 0) is 47.9 Å². The van der Waals surface area contributed by atoms with E-state index in [4.69, 9.17) is 9.05 Å². The first-order chi connectivity index (χ1) is 32.2. The van der Waals surface area contributed by atoms with Gasteiger partial charge in [0.1, 0.15) is 23.0 Å². The minimum Gasteiger partial charge on any atom is -0.507 e. The van der Waals surface area contributed by atoms with E-state index in [1.807, 2.05) is 0 Å². The van der Waals surface area contributed by atoms with Gasteiger partial charge in [0, 0.05) is 64.1 Å². The molecule has 4 aromatic rings. The van der Waals surface area contributed by atoms with Gasteiger partial charge in [-0.2, -0.15) is 0 Å². The van der Waals surface area contributed by atoms with E-state index >= 15 is 4.57 Å². The molecule has 0 fully saturated rings. The summed E-state index contributed by atoms with van der Waals surface area (Å²) >= 11 is 7.04. The van der Waals surface area contributed by atoms with Gasteiger partial charge in [0.05, 0.1) is 8.16 Å². The third-order valence-corrected chi connectivity index (χ3v) is 18.3. The van der Waals surface area contributed by atoms with Crippen molar-refractivity contribution in [3.8, 4) is 23.0 Å². The largest absolute Gasteiger partial charge is 0.584 e. The van der Waals surface area contributed by atoms with Gasteiger partial charge in [-0.15, -0.1) is 47.0 Å². The molecule has 0 saturated carbocycles. The highest BCUT2D eigenvalue weighted by Gasteiger charge is 2.40. The average Bonchev–Trinajstić information content (AvgIpc) is 3.12. The summed E-state index contributed by atoms with van der Waals surface area (Å²) in [5.74, 6) is 1.46. The zero-order chi connectivity index (χ0) is 56.6. The maximum Gasteiger partial charge on any atom is 0.584 e. The van der Waals surface area contributed by atoms with Crippen molar-refractivity contribution in [3.05, 3.63) is 93.0 Å². The molecule has 0 saturated heterocycles. The van der Waals surface area contributed by atoms with Crippen LogP contribution in [0.2, 0.25) is 0 Å². The van der Waals surface area contributed by atoms with Crippen LogP contribution >= 0.6 is 54.9 Å². The van der Waals surface area contributed by atoms with Crippen molar-refractivity contribution < 1.29 is 28.7 Å². The summed E-state index contributed by atoms with van der Waals surface area (Å²) in [7, 11) is -4.87. The fourth-order valence-corrected chi connectivity index (χ4v) is 14.9. The topological polar surface area (TPSA) is 96.2 Å². The first kappa shape index (κ1) is 63.2. The Morgan fingerprint density at radius 2 is 0.466 bits per heavy atom. The highest BCUT2D eigenvalue weighted by molar-refractivity contribution is 8.18. The fourth-order valence-electron chi connectivity index (χ4n) is 8.79. The molecule has 0 atom stereocenters. The molecule has 6 nitrogen and oxygen atoms in total. The van der Waals surface area contributed by atoms with E-state index in [0.717, 1.165) is 64.1 Å². The fraction of sp³-hybridized carbons (Fsp3) is 0.613. The smallest absolute Gasteiger partial charge is 0.507 e. The van der Waals surface area contributed by atoms with Gasteiger partial charge in [-0.05, 0) is 120 Å². The van der Waals surface area contributed by atoms with Crippen molar-refractivity contribution in [1.29, 1.82) is 0 Å². The van der Waals surface area contributed by atoms with Crippen LogP contribution in [0.3, 0.4) is 0 Å². The maximum atomic E-state index is 15.0. The van der Waals surface area contributed by atoms with Crippen LogP contribution in [0.5, 0.6) is 23.0 Å². The third kappa shape index (κ3) is 16.4. The molecule has 0 spiro atoms.